The molecule has 0 saturated carbocycles. The Morgan fingerprint density at radius 1 is 1.42 bits per heavy atom. The highest BCUT2D eigenvalue weighted by Gasteiger charge is 2.03. The van der Waals surface area contributed by atoms with E-state index in [0.717, 1.165) is 11.6 Å². The predicted octanol–water partition coefficient (Wildman–Crippen LogP) is 2.25. The Hall–Kier alpha value is -2.74. The molecule has 0 aromatic heterocycles. The van der Waals surface area contributed by atoms with E-state index in [2.05, 4.69) is 0 Å². The van der Waals surface area contributed by atoms with E-state index in [1.54, 1.807) is 30.4 Å². The van der Waals surface area contributed by atoms with E-state index in [-0.39, 0.29) is 6.61 Å². The summed E-state index contributed by atoms with van der Waals surface area (Å²) in [5.74, 6) is 0.00405. The van der Waals surface area contributed by atoms with Gasteiger partial charge in [-0.05, 0) is 17.7 Å². The van der Waals surface area contributed by atoms with Crippen LogP contribution < -0.4 is 9.47 Å². The van der Waals surface area contributed by atoms with Crippen LogP contribution >= 0.6 is 0 Å². The van der Waals surface area contributed by atoms with E-state index in [1.807, 2.05) is 6.07 Å². The third kappa shape index (κ3) is 4.96. The maximum Gasteiger partial charge on any atom is 0.328 e. The van der Waals surface area contributed by atoms with Crippen molar-refractivity contribution in [3.63, 3.8) is 0 Å². The number of nitriles is 1. The number of carbonyl (C=O) groups is 1. The van der Waals surface area contributed by atoms with Crippen molar-refractivity contribution in [1.29, 1.82) is 5.26 Å². The van der Waals surface area contributed by atoms with Crippen LogP contribution in [0.3, 0.4) is 0 Å². The van der Waals surface area contributed by atoms with E-state index in [1.165, 1.54) is 13.2 Å². The monoisotopic (exact) mass is 259 g/mol. The summed E-state index contributed by atoms with van der Waals surface area (Å²) >= 11 is 0. The molecule has 0 aliphatic carbocycles. The molecule has 0 fully saturated rings. The Labute approximate surface area is 111 Å². The number of carboxylic acids is 1. The fourth-order valence-corrected chi connectivity index (χ4v) is 1.32. The smallest absolute Gasteiger partial charge is 0.328 e. The van der Waals surface area contributed by atoms with Crippen LogP contribution in [0.2, 0.25) is 0 Å². The lowest BCUT2D eigenvalue weighted by atomic mass is 10.2. The molecule has 0 radical (unpaired) electrons. The Kier molecular flexibility index (Phi) is 5.70. The van der Waals surface area contributed by atoms with Gasteiger partial charge in [-0.1, -0.05) is 24.3 Å². The van der Waals surface area contributed by atoms with Crippen molar-refractivity contribution in [2.75, 3.05) is 13.7 Å². The number of nitrogens with zero attached hydrogens (tertiary/aromatic N) is 1. The van der Waals surface area contributed by atoms with E-state index >= 15 is 0 Å². The van der Waals surface area contributed by atoms with Gasteiger partial charge in [0.05, 0.1) is 7.11 Å². The average Bonchev–Trinajstić information content (AvgIpc) is 2.41. The third-order valence-electron chi connectivity index (χ3n) is 2.12. The molecule has 0 spiro atoms. The molecule has 0 heterocycles. The van der Waals surface area contributed by atoms with Gasteiger partial charge in [-0.25, -0.2) is 4.79 Å². The second-order valence-corrected chi connectivity index (χ2v) is 3.41. The first-order valence-electron chi connectivity index (χ1n) is 5.43. The number of methoxy groups -OCH3 is 1. The lowest BCUT2D eigenvalue weighted by Gasteiger charge is -2.08. The minimum absolute atomic E-state index is 0.0487. The highest BCUT2D eigenvalue weighted by molar-refractivity contribution is 5.80. The topological polar surface area (TPSA) is 79.6 Å². The fraction of sp³-hybridized carbons (Fsp3) is 0.143. The summed E-state index contributed by atoms with van der Waals surface area (Å²) in [6.07, 6.45) is 5.81. The van der Waals surface area contributed by atoms with Crippen LogP contribution in [0, 0.1) is 11.3 Å². The van der Waals surface area contributed by atoms with Crippen molar-refractivity contribution in [3.05, 3.63) is 42.0 Å². The lowest BCUT2D eigenvalue weighted by Crippen LogP contribution is -1.96. The molecule has 19 heavy (non-hydrogen) atoms. The predicted molar refractivity (Wildman–Crippen MR) is 69.9 cm³/mol. The first-order chi connectivity index (χ1) is 9.17. The molecule has 0 aliphatic heterocycles. The molecule has 0 saturated heterocycles. The molecular weight excluding hydrogens is 246 g/mol. The SMILES string of the molecule is COc1cc(C=CC=CC(=O)O)ccc1OCC#N. The first-order valence-corrected chi connectivity index (χ1v) is 5.43. The second kappa shape index (κ2) is 7.56. The zero-order valence-corrected chi connectivity index (χ0v) is 10.4. The van der Waals surface area contributed by atoms with Gasteiger partial charge >= 0.3 is 5.97 Å². The van der Waals surface area contributed by atoms with Crippen molar-refractivity contribution >= 4 is 12.0 Å². The Morgan fingerprint density at radius 3 is 2.84 bits per heavy atom. The van der Waals surface area contributed by atoms with E-state index < -0.39 is 5.97 Å². The molecule has 5 nitrogen and oxygen atoms in total. The number of carboxylic acid groups (broad SMARTS) is 1. The molecule has 1 N–H and O–H groups in total. The Bertz CT molecular complexity index is 541. The van der Waals surface area contributed by atoms with Crippen molar-refractivity contribution in [3.8, 4) is 17.6 Å². The number of ether oxygens (including phenoxy) is 2. The van der Waals surface area contributed by atoms with Crippen molar-refractivity contribution in [1.82, 2.24) is 0 Å². The Morgan fingerprint density at radius 2 is 2.21 bits per heavy atom. The molecule has 0 unspecified atom stereocenters. The molecular formula is C14H13NO4. The number of benzene rings is 1. The summed E-state index contributed by atoms with van der Waals surface area (Å²) < 4.78 is 10.3. The van der Waals surface area contributed by atoms with Crippen molar-refractivity contribution in [2.24, 2.45) is 0 Å². The van der Waals surface area contributed by atoms with Crippen LogP contribution in [0.1, 0.15) is 5.56 Å². The van der Waals surface area contributed by atoms with Crippen molar-refractivity contribution in [2.45, 2.75) is 0 Å². The second-order valence-electron chi connectivity index (χ2n) is 3.41. The zero-order valence-electron chi connectivity index (χ0n) is 10.4. The summed E-state index contributed by atoms with van der Waals surface area (Å²) in [5, 5.41) is 16.9. The van der Waals surface area contributed by atoms with Gasteiger partial charge in [-0.15, -0.1) is 0 Å². The van der Waals surface area contributed by atoms with Crippen molar-refractivity contribution < 1.29 is 19.4 Å². The largest absolute Gasteiger partial charge is 0.493 e. The molecule has 1 aromatic carbocycles. The number of allylic oxidation sites excluding steroid dienone is 2. The van der Waals surface area contributed by atoms with Crippen LogP contribution in [0.15, 0.2) is 36.4 Å². The summed E-state index contributed by atoms with van der Waals surface area (Å²) in [5.41, 5.74) is 0.830. The molecule has 5 heteroatoms. The molecule has 0 aliphatic rings. The van der Waals surface area contributed by atoms with E-state index in [4.69, 9.17) is 19.8 Å². The Balaban J connectivity index is 2.82. The van der Waals surface area contributed by atoms with Gasteiger partial charge in [0.25, 0.3) is 0 Å². The van der Waals surface area contributed by atoms with E-state index in [0.29, 0.717) is 11.5 Å². The molecule has 0 bridgehead atoms. The standard InChI is InChI=1S/C14H13NO4/c1-18-13-10-11(4-2-3-5-14(16)17)6-7-12(13)19-9-8-15/h2-7,10H,9H2,1H3,(H,16,17). The summed E-state index contributed by atoms with van der Waals surface area (Å²) in [6.45, 7) is -0.0487. The highest BCUT2D eigenvalue weighted by atomic mass is 16.5. The number of aliphatic carboxylic acids is 1. The number of hydrogen-bond acceptors (Lipinski definition) is 4. The van der Waals surface area contributed by atoms with Crippen LogP contribution in [0.25, 0.3) is 6.08 Å². The average molecular weight is 259 g/mol. The third-order valence-corrected chi connectivity index (χ3v) is 2.12. The summed E-state index contributed by atoms with van der Waals surface area (Å²) in [6, 6.07) is 7.08. The van der Waals surface area contributed by atoms with Crippen LogP contribution in [0.5, 0.6) is 11.5 Å². The van der Waals surface area contributed by atoms with Gasteiger partial charge in [-0.2, -0.15) is 5.26 Å². The first kappa shape index (κ1) is 14.3. The zero-order chi connectivity index (χ0) is 14.1. The lowest BCUT2D eigenvalue weighted by molar-refractivity contribution is -0.131. The minimum Gasteiger partial charge on any atom is -0.493 e. The minimum atomic E-state index is -0.998. The fourth-order valence-electron chi connectivity index (χ4n) is 1.32. The van der Waals surface area contributed by atoms with Crippen LogP contribution in [-0.4, -0.2) is 24.8 Å². The molecule has 0 amide bonds. The molecule has 0 atom stereocenters. The van der Waals surface area contributed by atoms with Gasteiger partial charge in [0, 0.05) is 6.08 Å². The van der Waals surface area contributed by atoms with Crippen LogP contribution in [-0.2, 0) is 4.79 Å². The van der Waals surface area contributed by atoms with Gasteiger partial charge in [0.15, 0.2) is 18.1 Å². The normalized spacial score (nSPS) is 10.5. The van der Waals surface area contributed by atoms with Gasteiger partial charge in [0.1, 0.15) is 6.07 Å². The van der Waals surface area contributed by atoms with E-state index in [9.17, 15) is 4.79 Å². The molecule has 1 rings (SSSR count). The van der Waals surface area contributed by atoms with Gasteiger partial charge in [-0.3, -0.25) is 0 Å². The van der Waals surface area contributed by atoms with Gasteiger partial charge in [0.2, 0.25) is 0 Å². The number of hydrogen-bond donors (Lipinski definition) is 1. The maximum absolute atomic E-state index is 10.3. The molecule has 1 aromatic rings. The molecule has 98 valence electrons. The highest BCUT2D eigenvalue weighted by Crippen LogP contribution is 2.28. The summed E-state index contributed by atoms with van der Waals surface area (Å²) in [4.78, 5) is 10.3. The number of rotatable bonds is 6. The van der Waals surface area contributed by atoms with Gasteiger partial charge < -0.3 is 14.6 Å². The quantitative estimate of drug-likeness (QED) is 0.626. The maximum atomic E-state index is 10.3. The summed E-state index contributed by atoms with van der Waals surface area (Å²) in [7, 11) is 1.51. The van der Waals surface area contributed by atoms with Crippen LogP contribution in [0.4, 0.5) is 0 Å².